The second-order valence-corrected chi connectivity index (χ2v) is 7.52. The average Bonchev–Trinajstić information content (AvgIpc) is 3.29. The van der Waals surface area contributed by atoms with E-state index in [0.717, 1.165) is 19.4 Å². The first-order valence-electron chi connectivity index (χ1n) is 10.7. The number of carbonyl (C=O) groups is 1. The van der Waals surface area contributed by atoms with Crippen LogP contribution >= 0.6 is 12.2 Å². The average molecular weight is 462 g/mol. The normalized spacial score (nSPS) is 15.2. The fourth-order valence-electron chi connectivity index (χ4n) is 3.32. The van der Waals surface area contributed by atoms with E-state index in [1.807, 2.05) is 13.8 Å². The number of nitrogens with one attached hydrogen (secondary N) is 3. The zero-order valence-corrected chi connectivity index (χ0v) is 19.0. The van der Waals surface area contributed by atoms with E-state index < -0.39 is 11.7 Å². The van der Waals surface area contributed by atoms with Gasteiger partial charge in [-0.15, -0.1) is 0 Å². The topological polar surface area (TPSA) is 80.8 Å². The first-order valence-corrected chi connectivity index (χ1v) is 11.1. The monoisotopic (exact) mass is 461 g/mol. The molecule has 1 heterocycles. The number of anilines is 2. The van der Waals surface area contributed by atoms with E-state index in [1.54, 1.807) is 18.2 Å². The SMILES string of the molecule is CCOc1cc(NC(=S)NCC2CCCO2)c(OCC)cc1NC(=O)c1ccccc1F. The maximum absolute atomic E-state index is 14.0. The fraction of sp³-hybridized carbons (Fsp3) is 0.391. The summed E-state index contributed by atoms with van der Waals surface area (Å²) < 4.78 is 31.1. The molecule has 1 saturated heterocycles. The third kappa shape index (κ3) is 6.30. The number of rotatable bonds is 9. The molecular weight excluding hydrogens is 433 g/mol. The maximum atomic E-state index is 14.0. The Kier molecular flexibility index (Phi) is 8.64. The zero-order valence-electron chi connectivity index (χ0n) is 18.2. The van der Waals surface area contributed by atoms with Crippen molar-refractivity contribution in [2.75, 3.05) is 37.0 Å². The summed E-state index contributed by atoms with van der Waals surface area (Å²) in [6.45, 7) is 5.85. The summed E-state index contributed by atoms with van der Waals surface area (Å²) in [5.41, 5.74) is 0.894. The van der Waals surface area contributed by atoms with Gasteiger partial charge in [0.15, 0.2) is 5.11 Å². The van der Waals surface area contributed by atoms with E-state index in [4.69, 9.17) is 26.4 Å². The highest BCUT2D eigenvalue weighted by Crippen LogP contribution is 2.37. The minimum atomic E-state index is -0.603. The highest BCUT2D eigenvalue weighted by molar-refractivity contribution is 7.80. The number of carbonyl (C=O) groups excluding carboxylic acids is 1. The molecule has 3 rings (SSSR count). The third-order valence-corrected chi connectivity index (χ3v) is 5.06. The Morgan fingerprint density at radius 1 is 1.12 bits per heavy atom. The van der Waals surface area contributed by atoms with E-state index in [0.29, 0.717) is 47.7 Å². The van der Waals surface area contributed by atoms with Crippen molar-refractivity contribution in [2.45, 2.75) is 32.8 Å². The maximum Gasteiger partial charge on any atom is 0.258 e. The van der Waals surface area contributed by atoms with Gasteiger partial charge in [0.2, 0.25) is 0 Å². The van der Waals surface area contributed by atoms with E-state index in [1.165, 1.54) is 18.2 Å². The Bertz CT molecular complexity index is 951. The molecule has 0 aliphatic carbocycles. The molecule has 32 heavy (non-hydrogen) atoms. The van der Waals surface area contributed by atoms with Gasteiger partial charge in [-0.2, -0.15) is 0 Å². The molecule has 1 aliphatic heterocycles. The lowest BCUT2D eigenvalue weighted by molar-refractivity contribution is 0.102. The van der Waals surface area contributed by atoms with Gasteiger partial charge in [-0.05, 0) is 51.0 Å². The summed E-state index contributed by atoms with van der Waals surface area (Å²) in [6, 6.07) is 9.12. The van der Waals surface area contributed by atoms with E-state index in [9.17, 15) is 9.18 Å². The van der Waals surface area contributed by atoms with E-state index in [2.05, 4.69) is 16.0 Å². The molecule has 7 nitrogen and oxygen atoms in total. The Morgan fingerprint density at radius 3 is 2.38 bits per heavy atom. The zero-order chi connectivity index (χ0) is 22.9. The Hall–Kier alpha value is -2.91. The van der Waals surface area contributed by atoms with E-state index in [-0.39, 0.29) is 11.7 Å². The van der Waals surface area contributed by atoms with Crippen LogP contribution in [0.5, 0.6) is 11.5 Å². The lowest BCUT2D eigenvalue weighted by Crippen LogP contribution is -2.34. The van der Waals surface area contributed by atoms with Gasteiger partial charge in [-0.1, -0.05) is 12.1 Å². The van der Waals surface area contributed by atoms with Crippen LogP contribution in [0.25, 0.3) is 0 Å². The van der Waals surface area contributed by atoms with Crippen LogP contribution in [0, 0.1) is 5.82 Å². The molecule has 172 valence electrons. The summed E-state index contributed by atoms with van der Waals surface area (Å²) in [4.78, 5) is 12.6. The largest absolute Gasteiger partial charge is 0.492 e. The molecule has 0 saturated carbocycles. The molecule has 1 aliphatic rings. The van der Waals surface area contributed by atoms with Crippen LogP contribution in [0.1, 0.15) is 37.0 Å². The molecule has 2 aromatic rings. The number of thiocarbonyl (C=S) groups is 1. The highest BCUT2D eigenvalue weighted by atomic mass is 32.1. The van der Waals surface area contributed by atoms with Gasteiger partial charge in [-0.25, -0.2) is 4.39 Å². The van der Waals surface area contributed by atoms with Gasteiger partial charge in [0, 0.05) is 25.3 Å². The summed E-state index contributed by atoms with van der Waals surface area (Å²) in [7, 11) is 0. The second-order valence-electron chi connectivity index (χ2n) is 7.11. The molecule has 0 aromatic heterocycles. The molecule has 0 spiro atoms. The van der Waals surface area contributed by atoms with Crippen LogP contribution in [0.4, 0.5) is 15.8 Å². The van der Waals surface area contributed by atoms with Crippen molar-refractivity contribution in [3.8, 4) is 11.5 Å². The number of halogens is 1. The predicted molar refractivity (Wildman–Crippen MR) is 126 cm³/mol. The number of hydrogen-bond donors (Lipinski definition) is 3. The van der Waals surface area contributed by atoms with Gasteiger partial charge in [0.05, 0.1) is 36.3 Å². The van der Waals surface area contributed by atoms with Crippen LogP contribution in [-0.2, 0) is 4.74 Å². The Balaban J connectivity index is 1.80. The van der Waals surface area contributed by atoms with Crippen molar-refractivity contribution >= 4 is 34.6 Å². The van der Waals surface area contributed by atoms with Gasteiger partial charge in [0.1, 0.15) is 17.3 Å². The molecule has 1 atom stereocenters. The molecule has 3 N–H and O–H groups in total. The van der Waals surface area contributed by atoms with Crippen molar-refractivity contribution in [3.05, 3.63) is 47.8 Å². The highest BCUT2D eigenvalue weighted by Gasteiger charge is 2.19. The van der Waals surface area contributed by atoms with Crippen LogP contribution in [0.15, 0.2) is 36.4 Å². The quantitative estimate of drug-likeness (QED) is 0.479. The molecule has 0 radical (unpaired) electrons. The summed E-state index contributed by atoms with van der Waals surface area (Å²) >= 11 is 5.42. The lowest BCUT2D eigenvalue weighted by Gasteiger charge is -2.19. The van der Waals surface area contributed by atoms with Crippen molar-refractivity contribution < 1.29 is 23.4 Å². The first-order chi connectivity index (χ1) is 15.5. The summed E-state index contributed by atoms with van der Waals surface area (Å²) in [5.74, 6) is -0.305. The van der Waals surface area contributed by atoms with Gasteiger partial charge < -0.3 is 30.2 Å². The Morgan fingerprint density at radius 2 is 1.78 bits per heavy atom. The van der Waals surface area contributed by atoms with Crippen LogP contribution in [-0.4, -0.2) is 43.5 Å². The van der Waals surface area contributed by atoms with Gasteiger partial charge in [0.25, 0.3) is 5.91 Å². The minimum absolute atomic E-state index is 0.0605. The summed E-state index contributed by atoms with van der Waals surface area (Å²) in [5, 5.41) is 9.42. The Labute approximate surface area is 192 Å². The van der Waals surface area contributed by atoms with Crippen LogP contribution in [0.3, 0.4) is 0 Å². The second kappa shape index (κ2) is 11.6. The minimum Gasteiger partial charge on any atom is -0.492 e. The number of amides is 1. The van der Waals surface area contributed by atoms with E-state index >= 15 is 0 Å². The van der Waals surface area contributed by atoms with Gasteiger partial charge >= 0.3 is 0 Å². The molecule has 1 amide bonds. The number of hydrogen-bond acceptors (Lipinski definition) is 5. The smallest absolute Gasteiger partial charge is 0.258 e. The molecule has 2 aromatic carbocycles. The predicted octanol–water partition coefficient (Wildman–Crippen LogP) is 4.34. The van der Waals surface area contributed by atoms with Crippen LogP contribution < -0.4 is 25.4 Å². The number of ether oxygens (including phenoxy) is 3. The first kappa shape index (κ1) is 23.7. The number of benzene rings is 2. The third-order valence-electron chi connectivity index (χ3n) is 4.81. The standard InChI is InChI=1S/C23H28FN3O4S/c1-3-29-20-13-19(27-23(32)25-14-15-8-7-11-31-15)21(30-4-2)12-18(20)26-22(28)16-9-5-6-10-17(16)24/h5-6,9-10,12-13,15H,3-4,7-8,11,14H2,1-2H3,(H,26,28)(H2,25,27,32). The molecule has 9 heteroatoms. The van der Waals surface area contributed by atoms with Gasteiger partial charge in [-0.3, -0.25) is 4.79 Å². The van der Waals surface area contributed by atoms with Crippen molar-refractivity contribution in [2.24, 2.45) is 0 Å². The molecular formula is C23H28FN3O4S. The lowest BCUT2D eigenvalue weighted by atomic mass is 10.1. The van der Waals surface area contributed by atoms with Crippen molar-refractivity contribution in [1.29, 1.82) is 0 Å². The molecule has 0 bridgehead atoms. The molecule has 1 fully saturated rings. The van der Waals surface area contributed by atoms with Crippen LogP contribution in [0.2, 0.25) is 0 Å². The summed E-state index contributed by atoms with van der Waals surface area (Å²) in [6.07, 6.45) is 2.21. The van der Waals surface area contributed by atoms with Crippen molar-refractivity contribution in [3.63, 3.8) is 0 Å². The molecule has 1 unspecified atom stereocenters. The van der Waals surface area contributed by atoms with Crippen molar-refractivity contribution in [1.82, 2.24) is 5.32 Å². The fourth-order valence-corrected chi connectivity index (χ4v) is 3.51.